The van der Waals surface area contributed by atoms with Gasteiger partial charge in [0.1, 0.15) is 11.8 Å². The number of rotatable bonds is 3. The minimum Gasteiger partial charge on any atom is -0.299 e. The third kappa shape index (κ3) is 3.04. The summed E-state index contributed by atoms with van der Waals surface area (Å²) in [5.41, 5.74) is 1.71. The van der Waals surface area contributed by atoms with Gasteiger partial charge in [-0.3, -0.25) is 4.90 Å². The summed E-state index contributed by atoms with van der Waals surface area (Å²) in [6.45, 7) is 7.90. The van der Waals surface area contributed by atoms with E-state index < -0.39 is 0 Å². The van der Waals surface area contributed by atoms with E-state index in [0.717, 1.165) is 18.4 Å². The second kappa shape index (κ2) is 5.29. The molecule has 3 nitrogen and oxygen atoms in total. The Morgan fingerprint density at radius 2 is 2.41 bits per heavy atom. The predicted octanol–water partition coefficient (Wildman–Crippen LogP) is 2.43. The molecule has 0 bridgehead atoms. The van der Waals surface area contributed by atoms with E-state index in [1.807, 2.05) is 12.1 Å². The minimum absolute atomic E-state index is 0.516. The highest BCUT2D eigenvalue weighted by molar-refractivity contribution is 5.25. The van der Waals surface area contributed by atoms with Crippen LogP contribution < -0.4 is 0 Å². The number of nitrogens with zero attached hydrogens (tertiary/aromatic N) is 3. The van der Waals surface area contributed by atoms with Gasteiger partial charge >= 0.3 is 0 Å². The molecule has 1 saturated heterocycles. The van der Waals surface area contributed by atoms with Gasteiger partial charge in [0.15, 0.2) is 0 Å². The van der Waals surface area contributed by atoms with Gasteiger partial charge in [0.25, 0.3) is 0 Å². The lowest BCUT2D eigenvalue weighted by molar-refractivity contribution is 0.297. The Hall–Kier alpha value is -1.40. The maximum Gasteiger partial charge on any atom is 0.140 e. The Morgan fingerprint density at radius 3 is 3.06 bits per heavy atom. The van der Waals surface area contributed by atoms with Gasteiger partial charge in [-0.1, -0.05) is 13.8 Å². The Bertz CT molecular complexity index is 420. The summed E-state index contributed by atoms with van der Waals surface area (Å²) in [7, 11) is 0. The molecule has 1 unspecified atom stereocenters. The molecule has 0 amide bonds. The summed E-state index contributed by atoms with van der Waals surface area (Å²) in [6, 6.07) is 5.98. The van der Waals surface area contributed by atoms with Crippen LogP contribution in [0.1, 0.15) is 31.5 Å². The van der Waals surface area contributed by atoms with E-state index in [9.17, 15) is 0 Å². The Labute approximate surface area is 103 Å². The van der Waals surface area contributed by atoms with Crippen molar-refractivity contribution in [2.75, 3.05) is 13.1 Å². The highest BCUT2D eigenvalue weighted by Gasteiger charge is 2.24. The first-order valence-corrected chi connectivity index (χ1v) is 6.26. The van der Waals surface area contributed by atoms with E-state index in [-0.39, 0.29) is 0 Å². The first-order valence-electron chi connectivity index (χ1n) is 6.26. The van der Waals surface area contributed by atoms with Crippen molar-refractivity contribution < 1.29 is 0 Å². The van der Waals surface area contributed by atoms with E-state index in [0.29, 0.717) is 5.69 Å². The van der Waals surface area contributed by atoms with Crippen LogP contribution in [-0.2, 0) is 6.54 Å². The molecule has 1 fully saturated rings. The van der Waals surface area contributed by atoms with Crippen molar-refractivity contribution in [2.24, 2.45) is 11.8 Å². The Balaban J connectivity index is 1.96. The van der Waals surface area contributed by atoms with Crippen LogP contribution in [0.2, 0.25) is 0 Å². The van der Waals surface area contributed by atoms with Crippen molar-refractivity contribution in [1.29, 1.82) is 5.26 Å². The van der Waals surface area contributed by atoms with Crippen molar-refractivity contribution in [3.63, 3.8) is 0 Å². The lowest BCUT2D eigenvalue weighted by Crippen LogP contribution is -2.21. The van der Waals surface area contributed by atoms with Gasteiger partial charge in [0, 0.05) is 19.3 Å². The van der Waals surface area contributed by atoms with Gasteiger partial charge in [-0.15, -0.1) is 0 Å². The summed E-state index contributed by atoms with van der Waals surface area (Å²) < 4.78 is 0. The lowest BCUT2D eigenvalue weighted by atomic mass is 9.95. The van der Waals surface area contributed by atoms with Crippen LogP contribution in [0.25, 0.3) is 0 Å². The molecule has 1 aromatic rings. The molecule has 90 valence electrons. The molecular formula is C14H19N3. The molecule has 1 aliphatic heterocycles. The summed E-state index contributed by atoms with van der Waals surface area (Å²) in [6.07, 6.45) is 3.03. The molecule has 0 aromatic carbocycles. The number of pyridine rings is 1. The van der Waals surface area contributed by atoms with E-state index in [1.165, 1.54) is 25.1 Å². The molecule has 1 aliphatic rings. The molecule has 2 heterocycles. The summed E-state index contributed by atoms with van der Waals surface area (Å²) >= 11 is 0. The van der Waals surface area contributed by atoms with Crippen molar-refractivity contribution in [3.8, 4) is 6.07 Å². The molecule has 0 radical (unpaired) electrons. The summed E-state index contributed by atoms with van der Waals surface area (Å²) in [5.74, 6) is 1.60. The normalized spacial score (nSPS) is 20.7. The maximum atomic E-state index is 8.81. The third-order valence-electron chi connectivity index (χ3n) is 3.60. The Kier molecular flexibility index (Phi) is 3.75. The average Bonchev–Trinajstić information content (AvgIpc) is 2.78. The highest BCUT2D eigenvalue weighted by atomic mass is 15.1. The van der Waals surface area contributed by atoms with Crippen LogP contribution in [0.15, 0.2) is 18.3 Å². The standard InChI is InChI=1S/C14H19N3/c1-11(2)13-4-6-17(10-13)9-12-3-5-16-14(7-12)8-15/h3,5,7,11,13H,4,6,9-10H2,1-2H3. The van der Waals surface area contributed by atoms with Gasteiger partial charge in [0.05, 0.1) is 0 Å². The molecule has 1 atom stereocenters. The fourth-order valence-corrected chi connectivity index (χ4v) is 2.44. The molecular weight excluding hydrogens is 210 g/mol. The first-order chi connectivity index (χ1) is 8.19. The van der Waals surface area contributed by atoms with Crippen LogP contribution in [-0.4, -0.2) is 23.0 Å². The molecule has 2 rings (SSSR count). The molecule has 0 saturated carbocycles. The van der Waals surface area contributed by atoms with Gasteiger partial charge < -0.3 is 0 Å². The highest BCUT2D eigenvalue weighted by Crippen LogP contribution is 2.24. The van der Waals surface area contributed by atoms with Crippen LogP contribution in [0.3, 0.4) is 0 Å². The lowest BCUT2D eigenvalue weighted by Gasteiger charge is -2.17. The van der Waals surface area contributed by atoms with Crippen molar-refractivity contribution in [2.45, 2.75) is 26.8 Å². The third-order valence-corrected chi connectivity index (χ3v) is 3.60. The smallest absolute Gasteiger partial charge is 0.140 e. The second-order valence-corrected chi connectivity index (χ2v) is 5.19. The molecule has 0 spiro atoms. The average molecular weight is 229 g/mol. The van der Waals surface area contributed by atoms with E-state index in [1.54, 1.807) is 6.20 Å². The molecule has 0 N–H and O–H groups in total. The fraction of sp³-hybridized carbons (Fsp3) is 0.571. The summed E-state index contributed by atoms with van der Waals surface area (Å²) in [4.78, 5) is 6.47. The predicted molar refractivity (Wildman–Crippen MR) is 67.2 cm³/mol. The van der Waals surface area contributed by atoms with Gasteiger partial charge in [0.2, 0.25) is 0 Å². The molecule has 0 aliphatic carbocycles. The maximum absolute atomic E-state index is 8.81. The second-order valence-electron chi connectivity index (χ2n) is 5.19. The van der Waals surface area contributed by atoms with Crippen molar-refractivity contribution in [3.05, 3.63) is 29.6 Å². The van der Waals surface area contributed by atoms with Crippen molar-refractivity contribution in [1.82, 2.24) is 9.88 Å². The zero-order chi connectivity index (χ0) is 12.3. The zero-order valence-electron chi connectivity index (χ0n) is 10.6. The van der Waals surface area contributed by atoms with Gasteiger partial charge in [-0.2, -0.15) is 5.26 Å². The number of likely N-dealkylation sites (tertiary alicyclic amines) is 1. The largest absolute Gasteiger partial charge is 0.299 e. The number of hydrogen-bond acceptors (Lipinski definition) is 3. The van der Waals surface area contributed by atoms with E-state index in [4.69, 9.17) is 5.26 Å². The van der Waals surface area contributed by atoms with E-state index in [2.05, 4.69) is 29.8 Å². The Morgan fingerprint density at radius 1 is 1.59 bits per heavy atom. The molecule has 17 heavy (non-hydrogen) atoms. The topological polar surface area (TPSA) is 39.9 Å². The van der Waals surface area contributed by atoms with Crippen LogP contribution in [0.4, 0.5) is 0 Å². The molecule has 3 heteroatoms. The number of aromatic nitrogens is 1. The SMILES string of the molecule is CC(C)C1CCN(Cc2ccnc(C#N)c2)C1. The monoisotopic (exact) mass is 229 g/mol. The van der Waals surface area contributed by atoms with Crippen molar-refractivity contribution >= 4 is 0 Å². The zero-order valence-corrected chi connectivity index (χ0v) is 10.6. The van der Waals surface area contributed by atoms with Crippen LogP contribution in [0, 0.1) is 23.2 Å². The number of nitriles is 1. The quantitative estimate of drug-likeness (QED) is 0.799. The minimum atomic E-state index is 0.516. The van der Waals surface area contributed by atoms with Gasteiger partial charge in [-0.25, -0.2) is 4.98 Å². The van der Waals surface area contributed by atoms with E-state index >= 15 is 0 Å². The fourth-order valence-electron chi connectivity index (χ4n) is 2.44. The number of hydrogen-bond donors (Lipinski definition) is 0. The first kappa shape index (κ1) is 12.1. The van der Waals surface area contributed by atoms with Crippen LogP contribution >= 0.6 is 0 Å². The van der Waals surface area contributed by atoms with Gasteiger partial charge in [-0.05, 0) is 42.5 Å². The molecule has 1 aromatic heterocycles. The van der Waals surface area contributed by atoms with Crippen LogP contribution in [0.5, 0.6) is 0 Å². The summed E-state index contributed by atoms with van der Waals surface area (Å²) in [5, 5.41) is 8.81.